The van der Waals surface area contributed by atoms with E-state index in [1.807, 2.05) is 41.3 Å². The number of aryl methyl sites for hydroxylation is 1. The van der Waals surface area contributed by atoms with Crippen LogP contribution in [-0.2, 0) is 4.79 Å². The Morgan fingerprint density at radius 3 is 2.19 bits per heavy atom. The number of hydrogen-bond donors (Lipinski definition) is 0. The molecule has 37 heavy (non-hydrogen) atoms. The number of piperazine rings is 1. The number of nitrogens with zero attached hydrogens (tertiary/aromatic N) is 3. The van der Waals surface area contributed by atoms with Crippen LogP contribution in [0.4, 0.5) is 10.1 Å². The Labute approximate surface area is 217 Å². The molecule has 0 saturated carbocycles. The van der Waals surface area contributed by atoms with Crippen molar-refractivity contribution >= 4 is 17.5 Å². The van der Waals surface area contributed by atoms with Gasteiger partial charge in [0.05, 0.1) is 18.6 Å². The van der Waals surface area contributed by atoms with E-state index < -0.39 is 11.7 Å². The van der Waals surface area contributed by atoms with Gasteiger partial charge in [0, 0.05) is 50.9 Å². The maximum atomic E-state index is 14.4. The summed E-state index contributed by atoms with van der Waals surface area (Å²) in [6.45, 7) is 5.50. The van der Waals surface area contributed by atoms with Crippen LogP contribution in [0.3, 0.4) is 0 Å². The summed E-state index contributed by atoms with van der Waals surface area (Å²) in [4.78, 5) is 33.0. The minimum absolute atomic E-state index is 0.0379. The van der Waals surface area contributed by atoms with Gasteiger partial charge in [0.1, 0.15) is 11.6 Å². The summed E-state index contributed by atoms with van der Waals surface area (Å²) in [5.74, 6) is -0.713. The van der Waals surface area contributed by atoms with Crippen LogP contribution in [0, 0.1) is 18.7 Å². The fourth-order valence-corrected chi connectivity index (χ4v) is 5.53. The number of likely N-dealkylation sites (tertiary alicyclic amines) is 1. The topological polar surface area (TPSA) is 53.1 Å². The van der Waals surface area contributed by atoms with Gasteiger partial charge < -0.3 is 19.4 Å². The molecule has 192 valence electrons. The van der Waals surface area contributed by atoms with Crippen LogP contribution in [0.5, 0.6) is 5.75 Å². The van der Waals surface area contributed by atoms with Crippen LogP contribution >= 0.6 is 0 Å². The molecule has 2 aliphatic heterocycles. The zero-order valence-corrected chi connectivity index (χ0v) is 21.3. The Kier molecular flexibility index (Phi) is 7.12. The summed E-state index contributed by atoms with van der Waals surface area (Å²) in [6, 6.07) is 22.0. The van der Waals surface area contributed by atoms with Crippen LogP contribution in [0.25, 0.3) is 0 Å². The third-order valence-electron chi connectivity index (χ3n) is 7.62. The van der Waals surface area contributed by atoms with Gasteiger partial charge in [0.25, 0.3) is 5.91 Å². The lowest BCUT2D eigenvalue weighted by molar-refractivity contribution is -0.135. The Hall–Kier alpha value is -3.87. The third kappa shape index (κ3) is 5.03. The van der Waals surface area contributed by atoms with Crippen LogP contribution in [0.15, 0.2) is 72.8 Å². The first-order valence-corrected chi connectivity index (χ1v) is 12.7. The number of carbonyl (C=O) groups is 2. The summed E-state index contributed by atoms with van der Waals surface area (Å²) in [5, 5.41) is 0. The van der Waals surface area contributed by atoms with E-state index in [0.717, 1.165) is 24.4 Å². The van der Waals surface area contributed by atoms with Crippen molar-refractivity contribution in [3.05, 3.63) is 95.3 Å². The highest BCUT2D eigenvalue weighted by atomic mass is 19.1. The molecule has 7 heteroatoms. The van der Waals surface area contributed by atoms with E-state index in [2.05, 4.69) is 24.0 Å². The van der Waals surface area contributed by atoms with Crippen molar-refractivity contribution in [2.75, 3.05) is 51.3 Å². The van der Waals surface area contributed by atoms with Crippen molar-refractivity contribution < 1.29 is 18.7 Å². The summed E-state index contributed by atoms with van der Waals surface area (Å²) in [6.07, 6.45) is 0. The lowest BCUT2D eigenvalue weighted by Crippen LogP contribution is -2.51. The van der Waals surface area contributed by atoms with Crippen LogP contribution in [-0.4, -0.2) is 68.0 Å². The average Bonchev–Trinajstić information content (AvgIpc) is 3.38. The molecule has 3 aromatic carbocycles. The van der Waals surface area contributed by atoms with E-state index in [4.69, 9.17) is 4.74 Å². The number of benzene rings is 3. The number of rotatable bonds is 5. The third-order valence-corrected chi connectivity index (χ3v) is 7.62. The largest absolute Gasteiger partial charge is 0.497 e. The fourth-order valence-electron chi connectivity index (χ4n) is 5.53. The van der Waals surface area contributed by atoms with Crippen molar-refractivity contribution in [2.45, 2.75) is 12.8 Å². The monoisotopic (exact) mass is 501 g/mol. The first-order valence-electron chi connectivity index (χ1n) is 12.7. The molecule has 2 saturated heterocycles. The highest BCUT2D eigenvalue weighted by Gasteiger charge is 2.43. The van der Waals surface area contributed by atoms with Gasteiger partial charge in [0.2, 0.25) is 5.91 Å². The molecule has 0 aliphatic carbocycles. The number of ether oxygens (including phenoxy) is 1. The molecule has 0 N–H and O–H groups in total. The fraction of sp³-hybridized carbons (Fsp3) is 0.333. The Balaban J connectivity index is 1.35. The molecule has 2 amide bonds. The van der Waals surface area contributed by atoms with E-state index in [9.17, 15) is 14.0 Å². The molecule has 0 radical (unpaired) electrons. The minimum atomic E-state index is -0.546. The van der Waals surface area contributed by atoms with Gasteiger partial charge in [-0.25, -0.2) is 4.39 Å². The van der Waals surface area contributed by atoms with Crippen LogP contribution in [0.2, 0.25) is 0 Å². The predicted octanol–water partition coefficient (Wildman–Crippen LogP) is 4.35. The average molecular weight is 502 g/mol. The van der Waals surface area contributed by atoms with Crippen molar-refractivity contribution in [3.63, 3.8) is 0 Å². The molecular formula is C30H32FN3O3. The van der Waals surface area contributed by atoms with Crippen LogP contribution < -0.4 is 9.64 Å². The standard InChI is InChI=1S/C30H32FN3O3/c1-21-7-3-6-10-28(21)32-15-17-33(18-16-32)30(36)26-20-34(29(35)24-8-4-5-9-27(24)31)19-25(26)22-11-13-23(37-2)14-12-22/h3-14,25-26H,15-20H2,1-2H3/t25-,26+/m0/s1. The molecule has 0 spiro atoms. The maximum absolute atomic E-state index is 14.4. The molecule has 0 bridgehead atoms. The van der Waals surface area contributed by atoms with Gasteiger partial charge in [-0.1, -0.05) is 42.5 Å². The lowest BCUT2D eigenvalue weighted by atomic mass is 9.87. The highest BCUT2D eigenvalue weighted by Crippen LogP contribution is 2.36. The van der Waals surface area contributed by atoms with E-state index in [-0.39, 0.29) is 29.8 Å². The number of para-hydroxylation sites is 1. The molecule has 2 heterocycles. The van der Waals surface area contributed by atoms with Gasteiger partial charge in [-0.3, -0.25) is 9.59 Å². The molecule has 0 aromatic heterocycles. The molecule has 2 aliphatic rings. The SMILES string of the molecule is COc1ccc([C@@H]2CN(C(=O)c3ccccc3F)C[C@H]2C(=O)N2CCN(c3ccccc3C)CC2)cc1. The van der Waals surface area contributed by atoms with Crippen molar-refractivity contribution in [3.8, 4) is 5.75 Å². The first-order chi connectivity index (χ1) is 18.0. The number of halogens is 1. The highest BCUT2D eigenvalue weighted by molar-refractivity contribution is 5.95. The first kappa shape index (κ1) is 24.8. The zero-order chi connectivity index (χ0) is 25.9. The Morgan fingerprint density at radius 1 is 0.838 bits per heavy atom. The number of methoxy groups -OCH3 is 1. The van der Waals surface area contributed by atoms with Crippen LogP contribution in [0.1, 0.15) is 27.4 Å². The van der Waals surface area contributed by atoms with Gasteiger partial charge in [0.15, 0.2) is 0 Å². The maximum Gasteiger partial charge on any atom is 0.256 e. The lowest BCUT2D eigenvalue weighted by Gasteiger charge is -2.38. The number of carbonyl (C=O) groups excluding carboxylic acids is 2. The summed E-state index contributed by atoms with van der Waals surface area (Å²) < 4.78 is 19.7. The molecule has 3 aromatic rings. The molecule has 2 fully saturated rings. The normalized spacial score (nSPS) is 19.7. The van der Waals surface area contributed by atoms with Gasteiger partial charge in [-0.15, -0.1) is 0 Å². The number of anilines is 1. The molecular weight excluding hydrogens is 469 g/mol. The smallest absolute Gasteiger partial charge is 0.256 e. The van der Waals surface area contributed by atoms with Crippen molar-refractivity contribution in [2.24, 2.45) is 5.92 Å². The Morgan fingerprint density at radius 2 is 1.51 bits per heavy atom. The number of amides is 2. The van der Waals surface area contributed by atoms with Crippen molar-refractivity contribution in [1.82, 2.24) is 9.80 Å². The molecule has 5 rings (SSSR count). The second-order valence-corrected chi connectivity index (χ2v) is 9.77. The second-order valence-electron chi connectivity index (χ2n) is 9.77. The summed E-state index contributed by atoms with van der Waals surface area (Å²) >= 11 is 0. The zero-order valence-electron chi connectivity index (χ0n) is 21.3. The van der Waals surface area contributed by atoms with Gasteiger partial charge in [-0.05, 0) is 48.4 Å². The molecule has 6 nitrogen and oxygen atoms in total. The van der Waals surface area contributed by atoms with E-state index in [0.29, 0.717) is 19.6 Å². The summed E-state index contributed by atoms with van der Waals surface area (Å²) in [5.41, 5.74) is 3.44. The van der Waals surface area contributed by atoms with E-state index >= 15 is 0 Å². The van der Waals surface area contributed by atoms with E-state index in [1.54, 1.807) is 24.1 Å². The molecule has 2 atom stereocenters. The van der Waals surface area contributed by atoms with Gasteiger partial charge >= 0.3 is 0 Å². The second kappa shape index (κ2) is 10.6. The van der Waals surface area contributed by atoms with Gasteiger partial charge in [-0.2, -0.15) is 0 Å². The number of hydrogen-bond acceptors (Lipinski definition) is 4. The summed E-state index contributed by atoms with van der Waals surface area (Å²) in [7, 11) is 1.61. The quantitative estimate of drug-likeness (QED) is 0.522. The predicted molar refractivity (Wildman–Crippen MR) is 142 cm³/mol. The molecule has 0 unspecified atom stereocenters. The minimum Gasteiger partial charge on any atom is -0.497 e. The van der Waals surface area contributed by atoms with Crippen molar-refractivity contribution in [1.29, 1.82) is 0 Å². The Bertz CT molecular complexity index is 1270. The van der Waals surface area contributed by atoms with E-state index in [1.165, 1.54) is 23.4 Å².